The van der Waals surface area contributed by atoms with Gasteiger partial charge in [-0.05, 0) is 50.0 Å². The zero-order valence-corrected chi connectivity index (χ0v) is 9.59. The van der Waals surface area contributed by atoms with Crippen molar-refractivity contribution in [3.05, 3.63) is 35.1 Å². The largest absolute Gasteiger partial charge is 0.389 e. The maximum absolute atomic E-state index is 13.4. The van der Waals surface area contributed by atoms with Gasteiger partial charge in [0.05, 0.1) is 5.60 Å². The van der Waals surface area contributed by atoms with E-state index in [0.29, 0.717) is 12.0 Å². The van der Waals surface area contributed by atoms with Crippen LogP contribution in [0.4, 0.5) is 4.39 Å². The van der Waals surface area contributed by atoms with Crippen LogP contribution in [0.25, 0.3) is 0 Å². The molecule has 1 heterocycles. The first-order valence-corrected chi connectivity index (χ1v) is 5.77. The number of hydrogen-bond donors (Lipinski definition) is 2. The molecule has 1 fully saturated rings. The van der Waals surface area contributed by atoms with E-state index in [1.54, 1.807) is 13.0 Å². The number of nitrogens with one attached hydrogen (secondary N) is 1. The molecule has 2 nitrogen and oxygen atoms in total. The standard InChI is InChI=1S/C13H18FNO/c1-10-2-3-11(8-12(10)14)9-13(16)4-6-15-7-5-13/h2-3,8,15-16H,4-7,9H2,1H3. The van der Waals surface area contributed by atoms with Gasteiger partial charge in [0.25, 0.3) is 0 Å². The van der Waals surface area contributed by atoms with E-state index < -0.39 is 5.60 Å². The Morgan fingerprint density at radius 3 is 2.69 bits per heavy atom. The van der Waals surface area contributed by atoms with E-state index in [2.05, 4.69) is 5.32 Å². The molecule has 88 valence electrons. The number of aliphatic hydroxyl groups is 1. The molecule has 1 aromatic carbocycles. The molecule has 3 heteroatoms. The van der Waals surface area contributed by atoms with Crippen molar-refractivity contribution >= 4 is 0 Å². The van der Waals surface area contributed by atoms with Crippen molar-refractivity contribution in [2.45, 2.75) is 31.8 Å². The summed E-state index contributed by atoms with van der Waals surface area (Å²) in [6.07, 6.45) is 2.02. The third-order valence-electron chi connectivity index (χ3n) is 3.30. The highest BCUT2D eigenvalue weighted by atomic mass is 19.1. The Hall–Kier alpha value is -0.930. The van der Waals surface area contributed by atoms with Gasteiger partial charge in [-0.3, -0.25) is 0 Å². The summed E-state index contributed by atoms with van der Waals surface area (Å²) in [6.45, 7) is 3.42. The number of benzene rings is 1. The van der Waals surface area contributed by atoms with Crippen molar-refractivity contribution in [1.29, 1.82) is 0 Å². The van der Waals surface area contributed by atoms with Gasteiger partial charge in [-0.25, -0.2) is 4.39 Å². The zero-order chi connectivity index (χ0) is 11.6. The molecule has 0 amide bonds. The predicted molar refractivity (Wildman–Crippen MR) is 61.9 cm³/mol. The van der Waals surface area contributed by atoms with Crippen molar-refractivity contribution < 1.29 is 9.50 Å². The molecule has 0 aliphatic carbocycles. The number of halogens is 1. The molecular weight excluding hydrogens is 205 g/mol. The molecule has 1 aliphatic rings. The molecule has 16 heavy (non-hydrogen) atoms. The lowest BCUT2D eigenvalue weighted by molar-refractivity contribution is 0.0108. The Morgan fingerprint density at radius 1 is 1.38 bits per heavy atom. The first kappa shape index (κ1) is 11.6. The van der Waals surface area contributed by atoms with Gasteiger partial charge in [0.1, 0.15) is 5.82 Å². The Morgan fingerprint density at radius 2 is 2.06 bits per heavy atom. The highest BCUT2D eigenvalue weighted by molar-refractivity contribution is 5.24. The van der Waals surface area contributed by atoms with Gasteiger partial charge in [0.2, 0.25) is 0 Å². The molecule has 0 spiro atoms. The first-order chi connectivity index (χ1) is 7.59. The Bertz CT molecular complexity index is 372. The van der Waals surface area contributed by atoms with Crippen LogP contribution in [-0.4, -0.2) is 23.8 Å². The molecule has 1 aromatic rings. The van der Waals surface area contributed by atoms with Crippen LogP contribution in [0.1, 0.15) is 24.0 Å². The summed E-state index contributed by atoms with van der Waals surface area (Å²) >= 11 is 0. The smallest absolute Gasteiger partial charge is 0.126 e. The normalized spacial score (nSPS) is 19.7. The lowest BCUT2D eigenvalue weighted by atomic mass is 9.86. The molecule has 0 atom stereocenters. The predicted octanol–water partition coefficient (Wildman–Crippen LogP) is 1.79. The fraction of sp³-hybridized carbons (Fsp3) is 0.538. The van der Waals surface area contributed by atoms with Crippen LogP contribution in [0.2, 0.25) is 0 Å². The summed E-state index contributed by atoms with van der Waals surface area (Å²) in [5.74, 6) is -0.185. The van der Waals surface area contributed by atoms with E-state index >= 15 is 0 Å². The van der Waals surface area contributed by atoms with Crippen LogP contribution < -0.4 is 5.32 Å². The van der Waals surface area contributed by atoms with Crippen molar-refractivity contribution in [2.24, 2.45) is 0 Å². The highest BCUT2D eigenvalue weighted by Crippen LogP contribution is 2.24. The molecule has 2 N–H and O–H groups in total. The minimum atomic E-state index is -0.660. The fourth-order valence-electron chi connectivity index (χ4n) is 2.20. The van der Waals surface area contributed by atoms with E-state index in [1.165, 1.54) is 6.07 Å². The van der Waals surface area contributed by atoms with Gasteiger partial charge < -0.3 is 10.4 Å². The monoisotopic (exact) mass is 223 g/mol. The van der Waals surface area contributed by atoms with E-state index in [-0.39, 0.29) is 5.82 Å². The second kappa shape index (κ2) is 4.52. The minimum absolute atomic E-state index is 0.185. The molecule has 0 aromatic heterocycles. The molecule has 1 aliphatic heterocycles. The van der Waals surface area contributed by atoms with Crippen LogP contribution in [-0.2, 0) is 6.42 Å². The number of rotatable bonds is 2. The van der Waals surface area contributed by atoms with E-state index in [1.807, 2.05) is 6.07 Å². The summed E-state index contributed by atoms with van der Waals surface area (Å²) in [4.78, 5) is 0. The van der Waals surface area contributed by atoms with Crippen LogP contribution >= 0.6 is 0 Å². The van der Waals surface area contributed by atoms with Crippen LogP contribution in [0.15, 0.2) is 18.2 Å². The van der Waals surface area contributed by atoms with Gasteiger partial charge in [-0.1, -0.05) is 12.1 Å². The average Bonchev–Trinajstić information content (AvgIpc) is 2.24. The van der Waals surface area contributed by atoms with Crippen LogP contribution in [0.3, 0.4) is 0 Å². The summed E-state index contributed by atoms with van der Waals surface area (Å²) in [5.41, 5.74) is 0.876. The van der Waals surface area contributed by atoms with Crippen molar-refractivity contribution in [3.8, 4) is 0 Å². The molecule has 2 rings (SSSR count). The zero-order valence-electron chi connectivity index (χ0n) is 9.59. The van der Waals surface area contributed by atoms with E-state index in [9.17, 15) is 9.50 Å². The maximum atomic E-state index is 13.4. The SMILES string of the molecule is Cc1ccc(CC2(O)CCNCC2)cc1F. The molecular formula is C13H18FNO. The molecule has 0 radical (unpaired) electrons. The van der Waals surface area contributed by atoms with Crippen molar-refractivity contribution in [2.75, 3.05) is 13.1 Å². The Balaban J connectivity index is 2.10. The summed E-state index contributed by atoms with van der Waals surface area (Å²) in [7, 11) is 0. The molecule has 0 bridgehead atoms. The van der Waals surface area contributed by atoms with Gasteiger partial charge in [-0.2, -0.15) is 0 Å². The van der Waals surface area contributed by atoms with Gasteiger partial charge in [-0.15, -0.1) is 0 Å². The molecule has 0 unspecified atom stereocenters. The average molecular weight is 223 g/mol. The summed E-state index contributed by atoms with van der Waals surface area (Å²) in [6, 6.07) is 5.21. The van der Waals surface area contributed by atoms with Gasteiger partial charge >= 0.3 is 0 Å². The fourth-order valence-corrected chi connectivity index (χ4v) is 2.20. The van der Waals surface area contributed by atoms with Crippen LogP contribution in [0, 0.1) is 12.7 Å². The van der Waals surface area contributed by atoms with Crippen molar-refractivity contribution in [1.82, 2.24) is 5.32 Å². The first-order valence-electron chi connectivity index (χ1n) is 5.77. The lowest BCUT2D eigenvalue weighted by Gasteiger charge is -2.32. The second-order valence-corrected chi connectivity index (χ2v) is 4.73. The Labute approximate surface area is 95.5 Å². The molecule has 0 saturated carbocycles. The second-order valence-electron chi connectivity index (χ2n) is 4.73. The number of hydrogen-bond acceptors (Lipinski definition) is 2. The quantitative estimate of drug-likeness (QED) is 0.801. The number of piperidine rings is 1. The van der Waals surface area contributed by atoms with Gasteiger partial charge in [0, 0.05) is 6.42 Å². The van der Waals surface area contributed by atoms with Crippen LogP contribution in [0.5, 0.6) is 0 Å². The number of aryl methyl sites for hydroxylation is 1. The lowest BCUT2D eigenvalue weighted by Crippen LogP contribution is -2.43. The Kier molecular flexibility index (Phi) is 3.26. The van der Waals surface area contributed by atoms with Gasteiger partial charge in [0.15, 0.2) is 0 Å². The van der Waals surface area contributed by atoms with E-state index in [4.69, 9.17) is 0 Å². The summed E-state index contributed by atoms with van der Waals surface area (Å²) in [5, 5.41) is 13.5. The van der Waals surface area contributed by atoms with Crippen molar-refractivity contribution in [3.63, 3.8) is 0 Å². The van der Waals surface area contributed by atoms with E-state index in [0.717, 1.165) is 31.5 Å². The highest BCUT2D eigenvalue weighted by Gasteiger charge is 2.29. The topological polar surface area (TPSA) is 32.3 Å². The maximum Gasteiger partial charge on any atom is 0.126 e. The summed E-state index contributed by atoms with van der Waals surface area (Å²) < 4.78 is 13.4. The third-order valence-corrected chi connectivity index (χ3v) is 3.30. The third kappa shape index (κ3) is 2.60. The minimum Gasteiger partial charge on any atom is -0.389 e. The molecule has 1 saturated heterocycles.